The summed E-state index contributed by atoms with van der Waals surface area (Å²) in [5.41, 5.74) is 2.94. The van der Waals surface area contributed by atoms with Gasteiger partial charge in [0.25, 0.3) is 5.69 Å². The van der Waals surface area contributed by atoms with Crippen molar-refractivity contribution in [3.05, 3.63) is 63.7 Å². The summed E-state index contributed by atoms with van der Waals surface area (Å²) >= 11 is 0. The third-order valence-electron chi connectivity index (χ3n) is 2.96. The van der Waals surface area contributed by atoms with Gasteiger partial charge >= 0.3 is 0 Å². The van der Waals surface area contributed by atoms with Gasteiger partial charge in [0.1, 0.15) is 5.75 Å². The van der Waals surface area contributed by atoms with Crippen molar-refractivity contribution in [3.63, 3.8) is 0 Å². The Labute approximate surface area is 117 Å². The van der Waals surface area contributed by atoms with Gasteiger partial charge in [0.2, 0.25) is 0 Å². The number of nitrogens with zero attached hydrogens (tertiary/aromatic N) is 1. The second-order valence-electron chi connectivity index (χ2n) is 4.48. The van der Waals surface area contributed by atoms with Crippen molar-refractivity contribution in [2.24, 2.45) is 0 Å². The van der Waals surface area contributed by atoms with Crippen LogP contribution in [0.4, 0.5) is 11.4 Å². The van der Waals surface area contributed by atoms with E-state index >= 15 is 0 Å². The van der Waals surface area contributed by atoms with Crippen LogP contribution in [0, 0.1) is 17.0 Å². The molecule has 0 aliphatic heterocycles. The number of benzene rings is 2. The second kappa shape index (κ2) is 6.06. The van der Waals surface area contributed by atoms with E-state index in [4.69, 9.17) is 4.74 Å². The van der Waals surface area contributed by atoms with E-state index < -0.39 is 4.92 Å². The van der Waals surface area contributed by atoms with E-state index in [0.717, 1.165) is 5.56 Å². The Hall–Kier alpha value is -2.56. The molecule has 0 aromatic heterocycles. The number of nitrogens with one attached hydrogen (secondary N) is 1. The number of nitro benzene ring substituents is 1. The molecule has 0 atom stereocenters. The Bertz CT molecular complexity index is 626. The zero-order valence-corrected chi connectivity index (χ0v) is 11.4. The number of nitro groups is 1. The molecule has 2 rings (SSSR count). The van der Waals surface area contributed by atoms with Crippen molar-refractivity contribution in [1.82, 2.24) is 0 Å². The van der Waals surface area contributed by atoms with Crippen molar-refractivity contribution < 1.29 is 9.66 Å². The zero-order valence-electron chi connectivity index (χ0n) is 11.4. The fourth-order valence-corrected chi connectivity index (χ4v) is 1.97. The van der Waals surface area contributed by atoms with E-state index in [1.807, 2.05) is 25.1 Å². The SMILES string of the molecule is COc1ccc([N+](=O)[O-])cc1NCc1cccc(C)c1. The topological polar surface area (TPSA) is 64.4 Å². The molecule has 0 aliphatic rings. The van der Waals surface area contributed by atoms with Crippen LogP contribution in [0.25, 0.3) is 0 Å². The third kappa shape index (κ3) is 3.26. The number of hydrogen-bond acceptors (Lipinski definition) is 4. The Morgan fingerprint density at radius 1 is 1.25 bits per heavy atom. The average molecular weight is 272 g/mol. The quantitative estimate of drug-likeness (QED) is 0.668. The molecule has 0 spiro atoms. The van der Waals surface area contributed by atoms with E-state index in [2.05, 4.69) is 11.4 Å². The first kappa shape index (κ1) is 13.9. The van der Waals surface area contributed by atoms with Crippen molar-refractivity contribution in [2.75, 3.05) is 12.4 Å². The molecule has 104 valence electrons. The highest BCUT2D eigenvalue weighted by molar-refractivity contribution is 5.61. The van der Waals surface area contributed by atoms with Gasteiger partial charge in [0, 0.05) is 18.7 Å². The van der Waals surface area contributed by atoms with Crippen LogP contribution in [-0.2, 0) is 6.54 Å². The molecule has 0 saturated heterocycles. The number of rotatable bonds is 5. The predicted octanol–water partition coefficient (Wildman–Crippen LogP) is 3.52. The highest BCUT2D eigenvalue weighted by Crippen LogP contribution is 2.29. The molecular weight excluding hydrogens is 256 g/mol. The fraction of sp³-hybridized carbons (Fsp3) is 0.200. The van der Waals surface area contributed by atoms with Gasteiger partial charge in [-0.15, -0.1) is 0 Å². The van der Waals surface area contributed by atoms with Crippen LogP contribution in [0.2, 0.25) is 0 Å². The maximum atomic E-state index is 10.8. The summed E-state index contributed by atoms with van der Waals surface area (Å²) in [5.74, 6) is 0.586. The standard InChI is InChI=1S/C15H16N2O3/c1-11-4-3-5-12(8-11)10-16-14-9-13(17(18)19)6-7-15(14)20-2/h3-9,16H,10H2,1-2H3. The van der Waals surface area contributed by atoms with Crippen LogP contribution in [0.3, 0.4) is 0 Å². The minimum atomic E-state index is -0.419. The predicted molar refractivity (Wildman–Crippen MR) is 78.2 cm³/mol. The number of ether oxygens (including phenoxy) is 1. The summed E-state index contributed by atoms with van der Waals surface area (Å²) in [5, 5.41) is 14.0. The molecule has 0 fully saturated rings. The van der Waals surface area contributed by atoms with Gasteiger partial charge in [-0.1, -0.05) is 29.8 Å². The van der Waals surface area contributed by atoms with Crippen molar-refractivity contribution in [1.29, 1.82) is 0 Å². The molecule has 20 heavy (non-hydrogen) atoms. The molecule has 0 amide bonds. The fourth-order valence-electron chi connectivity index (χ4n) is 1.97. The van der Waals surface area contributed by atoms with Gasteiger partial charge in [0.05, 0.1) is 17.7 Å². The second-order valence-corrected chi connectivity index (χ2v) is 4.48. The van der Waals surface area contributed by atoms with Crippen LogP contribution in [-0.4, -0.2) is 12.0 Å². The summed E-state index contributed by atoms with van der Waals surface area (Å²) in [4.78, 5) is 10.4. The largest absolute Gasteiger partial charge is 0.495 e. The summed E-state index contributed by atoms with van der Waals surface area (Å²) < 4.78 is 5.21. The molecular formula is C15H16N2O3. The van der Waals surface area contributed by atoms with E-state index in [0.29, 0.717) is 18.0 Å². The van der Waals surface area contributed by atoms with Gasteiger partial charge in [-0.25, -0.2) is 0 Å². The van der Waals surface area contributed by atoms with Crippen LogP contribution < -0.4 is 10.1 Å². The molecule has 0 saturated carbocycles. The maximum Gasteiger partial charge on any atom is 0.271 e. The number of anilines is 1. The lowest BCUT2D eigenvalue weighted by atomic mass is 10.1. The van der Waals surface area contributed by atoms with Gasteiger partial charge in [0.15, 0.2) is 0 Å². The van der Waals surface area contributed by atoms with E-state index in [9.17, 15) is 10.1 Å². The molecule has 0 radical (unpaired) electrons. The van der Waals surface area contributed by atoms with Crippen LogP contribution in [0.15, 0.2) is 42.5 Å². The number of hydrogen-bond donors (Lipinski definition) is 1. The molecule has 2 aromatic rings. The molecule has 5 heteroatoms. The molecule has 0 unspecified atom stereocenters. The first-order chi connectivity index (χ1) is 9.60. The first-order valence-corrected chi connectivity index (χ1v) is 6.22. The van der Waals surface area contributed by atoms with Gasteiger partial charge < -0.3 is 10.1 Å². The summed E-state index contributed by atoms with van der Waals surface area (Å²) in [7, 11) is 1.54. The maximum absolute atomic E-state index is 10.8. The first-order valence-electron chi connectivity index (χ1n) is 6.22. The molecule has 0 heterocycles. The van der Waals surface area contributed by atoms with Gasteiger partial charge in [-0.2, -0.15) is 0 Å². The third-order valence-corrected chi connectivity index (χ3v) is 2.96. The number of non-ortho nitro benzene ring substituents is 1. The Morgan fingerprint density at radius 2 is 2.05 bits per heavy atom. The molecule has 0 aliphatic carbocycles. The summed E-state index contributed by atoms with van der Waals surface area (Å²) in [6.45, 7) is 2.61. The lowest BCUT2D eigenvalue weighted by molar-refractivity contribution is -0.384. The Morgan fingerprint density at radius 3 is 2.70 bits per heavy atom. The molecule has 0 bridgehead atoms. The highest BCUT2D eigenvalue weighted by atomic mass is 16.6. The van der Waals surface area contributed by atoms with Crippen molar-refractivity contribution in [2.45, 2.75) is 13.5 Å². The Balaban J connectivity index is 2.19. The highest BCUT2D eigenvalue weighted by Gasteiger charge is 2.11. The number of aryl methyl sites for hydroxylation is 1. The smallest absolute Gasteiger partial charge is 0.271 e. The lowest BCUT2D eigenvalue weighted by Crippen LogP contribution is -2.02. The van der Waals surface area contributed by atoms with Crippen LogP contribution in [0.5, 0.6) is 5.75 Å². The normalized spacial score (nSPS) is 10.1. The van der Waals surface area contributed by atoms with Crippen molar-refractivity contribution in [3.8, 4) is 5.75 Å². The lowest BCUT2D eigenvalue weighted by Gasteiger charge is -2.11. The minimum absolute atomic E-state index is 0.0394. The summed E-state index contributed by atoms with van der Waals surface area (Å²) in [6, 6.07) is 12.6. The van der Waals surface area contributed by atoms with Crippen molar-refractivity contribution >= 4 is 11.4 Å². The average Bonchev–Trinajstić information content (AvgIpc) is 2.44. The molecule has 5 nitrogen and oxygen atoms in total. The van der Waals surface area contributed by atoms with Crippen LogP contribution in [0.1, 0.15) is 11.1 Å². The van der Waals surface area contributed by atoms with E-state index in [1.165, 1.54) is 17.7 Å². The number of methoxy groups -OCH3 is 1. The minimum Gasteiger partial charge on any atom is -0.495 e. The van der Waals surface area contributed by atoms with Crippen LogP contribution >= 0.6 is 0 Å². The van der Waals surface area contributed by atoms with E-state index in [-0.39, 0.29) is 5.69 Å². The molecule has 2 aromatic carbocycles. The van der Waals surface area contributed by atoms with Gasteiger partial charge in [-0.05, 0) is 18.6 Å². The zero-order chi connectivity index (χ0) is 14.5. The summed E-state index contributed by atoms with van der Waals surface area (Å²) in [6.07, 6.45) is 0. The molecule has 1 N–H and O–H groups in total. The van der Waals surface area contributed by atoms with E-state index in [1.54, 1.807) is 13.2 Å². The van der Waals surface area contributed by atoms with Gasteiger partial charge in [-0.3, -0.25) is 10.1 Å². The Kier molecular flexibility index (Phi) is 4.20. The monoisotopic (exact) mass is 272 g/mol.